The minimum Gasteiger partial charge on any atom is -0.492 e. The van der Waals surface area contributed by atoms with Crippen molar-refractivity contribution in [3.8, 4) is 5.75 Å². The van der Waals surface area contributed by atoms with Gasteiger partial charge in [0.2, 0.25) is 5.91 Å². The van der Waals surface area contributed by atoms with Gasteiger partial charge in [0, 0.05) is 31.1 Å². The molecule has 0 radical (unpaired) electrons. The Labute approximate surface area is 112 Å². The van der Waals surface area contributed by atoms with Crippen molar-refractivity contribution < 1.29 is 13.9 Å². The first-order valence-corrected chi connectivity index (χ1v) is 6.47. The zero-order chi connectivity index (χ0) is 14.0. The van der Waals surface area contributed by atoms with Crippen molar-refractivity contribution >= 4 is 17.3 Å². The highest BCUT2D eigenvalue weighted by Gasteiger charge is 2.26. The average Bonchev–Trinajstić information content (AvgIpc) is 2.73. The molecule has 0 bridgehead atoms. The summed E-state index contributed by atoms with van der Waals surface area (Å²) in [6, 6.07) is 2.90. The van der Waals surface area contributed by atoms with Gasteiger partial charge in [0.1, 0.15) is 5.82 Å². The molecule has 1 aromatic rings. The van der Waals surface area contributed by atoms with Crippen molar-refractivity contribution in [3.05, 3.63) is 17.9 Å². The van der Waals surface area contributed by atoms with Gasteiger partial charge in [-0.05, 0) is 20.3 Å². The van der Waals surface area contributed by atoms with Gasteiger partial charge in [0.05, 0.1) is 18.5 Å². The molecule has 5 heteroatoms. The summed E-state index contributed by atoms with van der Waals surface area (Å²) in [5.41, 5.74) is 1.08. The Kier molecular flexibility index (Phi) is 3.93. The molecular formula is C14H19FN2O2. The zero-order valence-corrected chi connectivity index (χ0v) is 11.5. The number of methoxy groups -OCH3 is 1. The van der Waals surface area contributed by atoms with Gasteiger partial charge in [0.15, 0.2) is 5.75 Å². The lowest BCUT2D eigenvalue weighted by Crippen LogP contribution is -2.25. The second kappa shape index (κ2) is 5.47. The van der Waals surface area contributed by atoms with Gasteiger partial charge < -0.3 is 15.0 Å². The smallest absolute Gasteiger partial charge is 0.227 e. The van der Waals surface area contributed by atoms with E-state index in [0.29, 0.717) is 30.1 Å². The third-order valence-electron chi connectivity index (χ3n) is 3.05. The van der Waals surface area contributed by atoms with Gasteiger partial charge in [0.25, 0.3) is 0 Å². The Morgan fingerprint density at radius 3 is 2.68 bits per heavy atom. The fourth-order valence-corrected chi connectivity index (χ4v) is 2.32. The van der Waals surface area contributed by atoms with E-state index in [1.165, 1.54) is 19.2 Å². The number of hydrogen-bond acceptors (Lipinski definition) is 3. The number of nitrogens with one attached hydrogen (secondary N) is 1. The molecule has 0 aliphatic carbocycles. The van der Waals surface area contributed by atoms with Crippen molar-refractivity contribution in [2.45, 2.75) is 32.7 Å². The number of hydrogen-bond donors (Lipinski definition) is 1. The van der Waals surface area contributed by atoms with Gasteiger partial charge >= 0.3 is 0 Å². The number of rotatable bonds is 4. The largest absolute Gasteiger partial charge is 0.492 e. The number of nitrogens with zero attached hydrogens (tertiary/aromatic N) is 1. The Morgan fingerprint density at radius 1 is 1.42 bits per heavy atom. The highest BCUT2D eigenvalue weighted by Crippen LogP contribution is 2.39. The summed E-state index contributed by atoms with van der Waals surface area (Å²) in [6.45, 7) is 4.54. The monoisotopic (exact) mass is 266 g/mol. The van der Waals surface area contributed by atoms with Crippen molar-refractivity contribution in [3.63, 3.8) is 0 Å². The molecule has 1 saturated heterocycles. The summed E-state index contributed by atoms with van der Waals surface area (Å²) in [4.78, 5) is 13.4. The van der Waals surface area contributed by atoms with Crippen LogP contribution < -0.4 is 15.0 Å². The predicted octanol–water partition coefficient (Wildman–Crippen LogP) is 2.78. The number of ether oxygens (including phenoxy) is 1. The summed E-state index contributed by atoms with van der Waals surface area (Å²) in [7, 11) is 1.53. The van der Waals surface area contributed by atoms with Gasteiger partial charge in [-0.25, -0.2) is 4.39 Å². The first kappa shape index (κ1) is 13.6. The van der Waals surface area contributed by atoms with Crippen LogP contribution >= 0.6 is 0 Å². The topological polar surface area (TPSA) is 41.6 Å². The zero-order valence-electron chi connectivity index (χ0n) is 11.5. The SMILES string of the molecule is COc1c(NC(C)C)cc(F)cc1N1CCCC1=O. The highest BCUT2D eigenvalue weighted by atomic mass is 19.1. The minimum atomic E-state index is -0.376. The van der Waals surface area contributed by atoms with Crippen molar-refractivity contribution in [2.24, 2.45) is 0 Å². The summed E-state index contributed by atoms with van der Waals surface area (Å²) in [6.07, 6.45) is 1.30. The molecule has 2 rings (SSSR count). The van der Waals surface area contributed by atoms with Crippen LogP contribution in [0, 0.1) is 5.82 Å². The number of carbonyl (C=O) groups excluding carboxylic acids is 1. The minimum absolute atomic E-state index is 0.0133. The summed E-state index contributed by atoms with van der Waals surface area (Å²) in [5, 5.41) is 3.14. The van der Waals surface area contributed by atoms with Gasteiger partial charge in [-0.2, -0.15) is 0 Å². The second-order valence-corrected chi connectivity index (χ2v) is 4.95. The van der Waals surface area contributed by atoms with E-state index in [2.05, 4.69) is 5.32 Å². The maximum atomic E-state index is 13.7. The third kappa shape index (κ3) is 2.80. The van der Waals surface area contributed by atoms with Crippen LogP contribution in [0.25, 0.3) is 0 Å². The molecule has 0 unspecified atom stereocenters. The highest BCUT2D eigenvalue weighted by molar-refractivity contribution is 5.98. The van der Waals surface area contributed by atoms with Crippen LogP contribution in [-0.2, 0) is 4.79 Å². The third-order valence-corrected chi connectivity index (χ3v) is 3.05. The lowest BCUT2D eigenvalue weighted by atomic mass is 10.2. The maximum absolute atomic E-state index is 13.7. The molecule has 0 spiro atoms. The normalized spacial score (nSPS) is 15.2. The van der Waals surface area contributed by atoms with Crippen LogP contribution in [0.5, 0.6) is 5.75 Å². The molecule has 19 heavy (non-hydrogen) atoms. The van der Waals surface area contributed by atoms with E-state index in [1.54, 1.807) is 4.90 Å². The van der Waals surface area contributed by atoms with Crippen LogP contribution in [0.2, 0.25) is 0 Å². The van der Waals surface area contributed by atoms with Crippen LogP contribution in [0.4, 0.5) is 15.8 Å². The molecule has 104 valence electrons. The van der Waals surface area contributed by atoms with E-state index in [1.807, 2.05) is 13.8 Å². The van der Waals surface area contributed by atoms with E-state index < -0.39 is 0 Å². The number of benzene rings is 1. The first-order valence-electron chi connectivity index (χ1n) is 6.47. The first-order chi connectivity index (χ1) is 9.02. The van der Waals surface area contributed by atoms with E-state index in [9.17, 15) is 9.18 Å². The van der Waals surface area contributed by atoms with Crippen molar-refractivity contribution in [2.75, 3.05) is 23.9 Å². The molecule has 1 aliphatic rings. The van der Waals surface area contributed by atoms with E-state index in [-0.39, 0.29) is 17.8 Å². The number of amides is 1. The van der Waals surface area contributed by atoms with Crippen LogP contribution in [0.15, 0.2) is 12.1 Å². The maximum Gasteiger partial charge on any atom is 0.227 e. The quantitative estimate of drug-likeness (QED) is 0.911. The second-order valence-electron chi connectivity index (χ2n) is 4.95. The van der Waals surface area contributed by atoms with Crippen molar-refractivity contribution in [1.29, 1.82) is 0 Å². The van der Waals surface area contributed by atoms with Gasteiger partial charge in [-0.1, -0.05) is 0 Å². The Morgan fingerprint density at radius 2 is 2.16 bits per heavy atom. The lowest BCUT2D eigenvalue weighted by molar-refractivity contribution is -0.117. The number of halogens is 1. The summed E-state index contributed by atoms with van der Waals surface area (Å²) >= 11 is 0. The Balaban J connectivity index is 2.46. The predicted molar refractivity (Wildman–Crippen MR) is 73.3 cm³/mol. The molecule has 0 atom stereocenters. The molecule has 1 heterocycles. The van der Waals surface area contributed by atoms with Gasteiger partial charge in [-0.3, -0.25) is 4.79 Å². The molecule has 1 aliphatic heterocycles. The molecular weight excluding hydrogens is 247 g/mol. The van der Waals surface area contributed by atoms with E-state index >= 15 is 0 Å². The molecule has 1 N–H and O–H groups in total. The summed E-state index contributed by atoms with van der Waals surface area (Å²) < 4.78 is 19.1. The molecule has 1 aromatic carbocycles. The molecule has 1 fully saturated rings. The molecule has 1 amide bonds. The van der Waals surface area contributed by atoms with Crippen LogP contribution in [0.1, 0.15) is 26.7 Å². The Bertz CT molecular complexity index is 489. The molecule has 0 saturated carbocycles. The lowest BCUT2D eigenvalue weighted by Gasteiger charge is -2.22. The fourth-order valence-electron chi connectivity index (χ4n) is 2.32. The number of anilines is 2. The van der Waals surface area contributed by atoms with E-state index in [4.69, 9.17) is 4.74 Å². The average molecular weight is 266 g/mol. The fraction of sp³-hybridized carbons (Fsp3) is 0.500. The standard InChI is InChI=1S/C14H19FN2O2/c1-9(2)16-11-7-10(15)8-12(14(11)19-3)17-6-4-5-13(17)18/h7-9,16H,4-6H2,1-3H3. The van der Waals surface area contributed by atoms with Gasteiger partial charge in [-0.15, -0.1) is 0 Å². The number of carbonyl (C=O) groups is 1. The summed E-state index contributed by atoms with van der Waals surface area (Å²) in [5.74, 6) is 0.156. The van der Waals surface area contributed by atoms with Crippen molar-refractivity contribution in [1.82, 2.24) is 0 Å². The van der Waals surface area contributed by atoms with Crippen LogP contribution in [-0.4, -0.2) is 25.6 Å². The van der Waals surface area contributed by atoms with E-state index in [0.717, 1.165) is 6.42 Å². The van der Waals surface area contributed by atoms with Crippen LogP contribution in [0.3, 0.4) is 0 Å². The molecule has 4 nitrogen and oxygen atoms in total. The molecule has 0 aromatic heterocycles. The Hall–Kier alpha value is -1.78.